The molecule has 2 rings (SSSR count). The number of carbonyl (C=O) groups is 2. The van der Waals surface area contributed by atoms with Crippen LogP contribution in [-0.2, 0) is 14.3 Å². The molecule has 6 heteroatoms. The van der Waals surface area contributed by atoms with Gasteiger partial charge in [0.25, 0.3) is 0 Å². The molecule has 1 aliphatic rings. The molecule has 0 saturated carbocycles. The van der Waals surface area contributed by atoms with E-state index in [9.17, 15) is 9.59 Å². The smallest absolute Gasteiger partial charge is 0.303 e. The van der Waals surface area contributed by atoms with Crippen molar-refractivity contribution < 1.29 is 19.4 Å². The summed E-state index contributed by atoms with van der Waals surface area (Å²) >= 11 is 6.02. The molecule has 1 amide bonds. The van der Waals surface area contributed by atoms with Gasteiger partial charge >= 0.3 is 5.97 Å². The van der Waals surface area contributed by atoms with Crippen molar-refractivity contribution in [3.05, 3.63) is 34.9 Å². The maximum atomic E-state index is 12.4. The molecular formula is C17H22ClNO4. The number of rotatable bonds is 6. The summed E-state index contributed by atoms with van der Waals surface area (Å²) in [4.78, 5) is 24.7. The normalized spacial score (nSPS) is 21.2. The van der Waals surface area contributed by atoms with Gasteiger partial charge in [-0.25, -0.2) is 0 Å². The maximum absolute atomic E-state index is 12.4. The van der Waals surface area contributed by atoms with Crippen LogP contribution in [0.2, 0.25) is 5.02 Å². The third-order valence-corrected chi connectivity index (χ3v) is 4.24. The minimum atomic E-state index is -0.821. The van der Waals surface area contributed by atoms with Gasteiger partial charge in [-0.2, -0.15) is 0 Å². The Kier molecular flexibility index (Phi) is 6.42. The Morgan fingerprint density at radius 1 is 1.35 bits per heavy atom. The van der Waals surface area contributed by atoms with Gasteiger partial charge in [-0.15, -0.1) is 0 Å². The molecule has 1 saturated heterocycles. The lowest BCUT2D eigenvalue weighted by atomic mass is 10.0. The van der Waals surface area contributed by atoms with Crippen LogP contribution >= 0.6 is 11.6 Å². The largest absolute Gasteiger partial charge is 0.481 e. The quantitative estimate of drug-likeness (QED) is 0.808. The minimum Gasteiger partial charge on any atom is -0.481 e. The molecule has 1 aromatic rings. The van der Waals surface area contributed by atoms with Crippen molar-refractivity contribution in [1.82, 2.24) is 4.90 Å². The van der Waals surface area contributed by atoms with E-state index in [0.717, 1.165) is 5.56 Å². The number of benzene rings is 1. The van der Waals surface area contributed by atoms with Crippen molar-refractivity contribution in [2.45, 2.75) is 44.8 Å². The molecule has 0 radical (unpaired) electrons. The molecule has 0 aromatic heterocycles. The van der Waals surface area contributed by atoms with Crippen LogP contribution in [0.5, 0.6) is 0 Å². The predicted octanol–water partition coefficient (Wildman–Crippen LogP) is 3.27. The number of hydrogen-bond acceptors (Lipinski definition) is 3. The van der Waals surface area contributed by atoms with E-state index >= 15 is 0 Å². The molecule has 0 spiro atoms. The third kappa shape index (κ3) is 5.22. The second-order valence-electron chi connectivity index (χ2n) is 5.87. The average molecular weight is 340 g/mol. The Bertz CT molecular complexity index is 563. The van der Waals surface area contributed by atoms with E-state index in [2.05, 4.69) is 0 Å². The fourth-order valence-electron chi connectivity index (χ4n) is 2.71. The number of nitrogens with zero attached hydrogens (tertiary/aromatic N) is 1. The van der Waals surface area contributed by atoms with E-state index < -0.39 is 5.97 Å². The lowest BCUT2D eigenvalue weighted by Gasteiger charge is -2.38. The van der Waals surface area contributed by atoms with Crippen molar-refractivity contribution in [3.63, 3.8) is 0 Å². The van der Waals surface area contributed by atoms with Crippen LogP contribution in [0.25, 0.3) is 0 Å². The zero-order valence-corrected chi connectivity index (χ0v) is 14.0. The topological polar surface area (TPSA) is 66.8 Å². The summed E-state index contributed by atoms with van der Waals surface area (Å²) in [5.41, 5.74) is 0.966. The van der Waals surface area contributed by atoms with Crippen molar-refractivity contribution in [1.29, 1.82) is 0 Å². The lowest BCUT2D eigenvalue weighted by Crippen LogP contribution is -2.48. The second-order valence-corrected chi connectivity index (χ2v) is 6.31. The monoisotopic (exact) mass is 339 g/mol. The van der Waals surface area contributed by atoms with E-state index in [0.29, 0.717) is 37.4 Å². The first-order valence-corrected chi connectivity index (χ1v) is 8.23. The molecule has 0 aliphatic carbocycles. The van der Waals surface area contributed by atoms with Gasteiger partial charge in [0.1, 0.15) is 6.10 Å². The van der Waals surface area contributed by atoms with Gasteiger partial charge in [0.2, 0.25) is 5.91 Å². The van der Waals surface area contributed by atoms with E-state index in [-0.39, 0.29) is 24.5 Å². The summed E-state index contributed by atoms with van der Waals surface area (Å²) in [6.45, 7) is 2.95. The minimum absolute atomic E-state index is 0.0254. The van der Waals surface area contributed by atoms with Crippen LogP contribution in [0.3, 0.4) is 0 Å². The molecule has 126 valence electrons. The Hall–Kier alpha value is -1.59. The van der Waals surface area contributed by atoms with E-state index in [1.54, 1.807) is 0 Å². The fraction of sp³-hybridized carbons (Fsp3) is 0.529. The summed E-state index contributed by atoms with van der Waals surface area (Å²) in [6, 6.07) is 7.51. The molecule has 1 aromatic carbocycles. The van der Waals surface area contributed by atoms with Crippen LogP contribution in [0.1, 0.15) is 44.3 Å². The zero-order chi connectivity index (χ0) is 16.8. The molecule has 2 atom stereocenters. The Labute approximate surface area is 141 Å². The molecule has 5 nitrogen and oxygen atoms in total. The van der Waals surface area contributed by atoms with Crippen LogP contribution < -0.4 is 0 Å². The van der Waals surface area contributed by atoms with Gasteiger partial charge in [-0.3, -0.25) is 9.59 Å². The Balaban J connectivity index is 1.92. The van der Waals surface area contributed by atoms with Crippen molar-refractivity contribution in [3.8, 4) is 0 Å². The zero-order valence-electron chi connectivity index (χ0n) is 13.2. The summed E-state index contributed by atoms with van der Waals surface area (Å²) in [5, 5.41) is 9.28. The summed E-state index contributed by atoms with van der Waals surface area (Å²) in [6.07, 6.45) is 1.43. The highest BCUT2D eigenvalue weighted by Crippen LogP contribution is 2.27. The van der Waals surface area contributed by atoms with Crippen molar-refractivity contribution in [2.24, 2.45) is 0 Å². The molecule has 2 unspecified atom stereocenters. The highest BCUT2D eigenvalue weighted by Gasteiger charge is 2.30. The maximum Gasteiger partial charge on any atom is 0.303 e. The van der Waals surface area contributed by atoms with Crippen LogP contribution in [-0.4, -0.2) is 41.1 Å². The molecule has 1 aliphatic heterocycles. The van der Waals surface area contributed by atoms with Crippen molar-refractivity contribution >= 4 is 23.5 Å². The standard InChI is InChI=1S/C17H22ClNO4/c1-12-11-23-15(13-5-4-6-14(18)9-13)10-19(12)16(20)7-2-3-8-17(21)22/h4-6,9,12,15H,2-3,7-8,10-11H2,1H3,(H,21,22). The molecule has 0 bridgehead atoms. The van der Waals surface area contributed by atoms with Gasteiger partial charge < -0.3 is 14.7 Å². The highest BCUT2D eigenvalue weighted by atomic mass is 35.5. The van der Waals surface area contributed by atoms with Gasteiger partial charge in [0, 0.05) is 17.9 Å². The molecule has 23 heavy (non-hydrogen) atoms. The van der Waals surface area contributed by atoms with E-state index in [1.165, 1.54) is 0 Å². The SMILES string of the molecule is CC1COC(c2cccc(Cl)c2)CN1C(=O)CCCCC(=O)O. The average Bonchev–Trinajstić information content (AvgIpc) is 2.51. The number of hydrogen-bond donors (Lipinski definition) is 1. The van der Waals surface area contributed by atoms with Gasteiger partial charge in [-0.1, -0.05) is 23.7 Å². The fourth-order valence-corrected chi connectivity index (χ4v) is 2.91. The van der Waals surface area contributed by atoms with E-state index in [1.807, 2.05) is 36.1 Å². The first-order chi connectivity index (χ1) is 11.0. The van der Waals surface area contributed by atoms with Crippen LogP contribution in [0.15, 0.2) is 24.3 Å². The Morgan fingerprint density at radius 3 is 2.78 bits per heavy atom. The predicted molar refractivity (Wildman–Crippen MR) is 87.4 cm³/mol. The van der Waals surface area contributed by atoms with E-state index in [4.69, 9.17) is 21.4 Å². The molecule has 1 N–H and O–H groups in total. The second kappa shape index (κ2) is 8.31. The first-order valence-electron chi connectivity index (χ1n) is 7.85. The number of carboxylic acid groups (broad SMARTS) is 1. The number of ether oxygens (including phenoxy) is 1. The summed E-state index contributed by atoms with van der Waals surface area (Å²) < 4.78 is 5.84. The van der Waals surface area contributed by atoms with Crippen molar-refractivity contribution in [2.75, 3.05) is 13.2 Å². The molecular weight excluding hydrogens is 318 g/mol. The number of amides is 1. The van der Waals surface area contributed by atoms with Crippen LogP contribution in [0.4, 0.5) is 0 Å². The van der Waals surface area contributed by atoms with Crippen LogP contribution in [0, 0.1) is 0 Å². The lowest BCUT2D eigenvalue weighted by molar-refractivity contribution is -0.145. The number of halogens is 1. The number of carbonyl (C=O) groups excluding carboxylic acids is 1. The third-order valence-electron chi connectivity index (χ3n) is 4.01. The summed E-state index contributed by atoms with van der Waals surface area (Å²) in [5.74, 6) is -0.767. The number of aliphatic carboxylic acids is 1. The molecule has 1 fully saturated rings. The Morgan fingerprint density at radius 2 is 2.09 bits per heavy atom. The number of morpholine rings is 1. The summed E-state index contributed by atoms with van der Waals surface area (Å²) in [7, 11) is 0. The van der Waals surface area contributed by atoms with Gasteiger partial charge in [0.05, 0.1) is 19.2 Å². The number of unbranched alkanes of at least 4 members (excludes halogenated alkanes) is 1. The highest BCUT2D eigenvalue weighted by molar-refractivity contribution is 6.30. The van der Waals surface area contributed by atoms with Gasteiger partial charge in [0.15, 0.2) is 0 Å². The molecule has 1 heterocycles. The van der Waals surface area contributed by atoms with Gasteiger partial charge in [-0.05, 0) is 37.5 Å². The first kappa shape index (κ1) is 17.8. The number of carboxylic acids is 1.